The Hall–Kier alpha value is -2.75. The number of halogens is 1. The van der Waals surface area contributed by atoms with Gasteiger partial charge in [-0.1, -0.05) is 49.1 Å². The van der Waals surface area contributed by atoms with Gasteiger partial charge in [-0.25, -0.2) is 4.99 Å². The third kappa shape index (κ3) is 7.15. The highest BCUT2D eigenvalue weighted by Crippen LogP contribution is 2.31. The molecule has 1 amide bonds. The minimum atomic E-state index is -0.0309. The summed E-state index contributed by atoms with van der Waals surface area (Å²) in [6.07, 6.45) is 2.52. The summed E-state index contributed by atoms with van der Waals surface area (Å²) in [6, 6.07) is 15.8. The van der Waals surface area contributed by atoms with Gasteiger partial charge in [0.1, 0.15) is 18.1 Å². The van der Waals surface area contributed by atoms with Crippen LogP contribution in [-0.4, -0.2) is 50.6 Å². The Morgan fingerprint density at radius 1 is 1.25 bits per heavy atom. The van der Waals surface area contributed by atoms with Crippen LogP contribution in [0.1, 0.15) is 23.6 Å². The van der Waals surface area contributed by atoms with Crippen LogP contribution < -0.4 is 20.1 Å². The minimum Gasteiger partial charge on any atom is -0.493 e. The lowest BCUT2D eigenvalue weighted by molar-refractivity contribution is -0.127. The highest BCUT2D eigenvalue weighted by molar-refractivity contribution is 14.0. The number of rotatable bonds is 8. The Kier molecular flexibility index (Phi) is 10.3. The fourth-order valence-electron chi connectivity index (χ4n) is 3.22. The number of amides is 1. The number of nitrogens with zero attached hydrogens (tertiary/aromatic N) is 2. The molecule has 1 unspecified atom stereocenters. The van der Waals surface area contributed by atoms with Crippen molar-refractivity contribution in [2.45, 2.75) is 19.0 Å². The number of aliphatic imine (C=N–C) groups is 1. The second kappa shape index (κ2) is 12.9. The lowest BCUT2D eigenvalue weighted by Crippen LogP contribution is -2.45. The van der Waals surface area contributed by atoms with Crippen molar-refractivity contribution in [3.63, 3.8) is 0 Å². The van der Waals surface area contributed by atoms with E-state index < -0.39 is 0 Å². The van der Waals surface area contributed by atoms with E-state index in [0.29, 0.717) is 25.7 Å². The number of guanidine groups is 1. The van der Waals surface area contributed by atoms with Gasteiger partial charge in [-0.15, -0.1) is 24.0 Å². The molecule has 3 rings (SSSR count). The molecule has 8 heteroatoms. The lowest BCUT2D eigenvalue weighted by Gasteiger charge is -2.28. The van der Waals surface area contributed by atoms with E-state index in [0.717, 1.165) is 29.0 Å². The van der Waals surface area contributed by atoms with Crippen LogP contribution in [0.15, 0.2) is 66.2 Å². The SMILES string of the molecule is C=CCOc1ccccc1CN=C(NCC(=O)N(C)C)NC1CCOc2ccccc21.I. The van der Waals surface area contributed by atoms with Gasteiger partial charge in [-0.2, -0.15) is 0 Å². The maximum Gasteiger partial charge on any atom is 0.241 e. The maximum atomic E-state index is 12.1. The maximum absolute atomic E-state index is 12.1. The first kappa shape index (κ1) is 25.5. The van der Waals surface area contributed by atoms with Crippen LogP contribution in [0.4, 0.5) is 0 Å². The van der Waals surface area contributed by atoms with Crippen molar-refractivity contribution in [2.24, 2.45) is 4.99 Å². The topological polar surface area (TPSA) is 75.2 Å². The van der Waals surface area contributed by atoms with Crippen molar-refractivity contribution in [2.75, 3.05) is 33.9 Å². The molecule has 1 aliphatic heterocycles. The first-order valence-corrected chi connectivity index (χ1v) is 10.4. The largest absolute Gasteiger partial charge is 0.493 e. The zero-order valence-electron chi connectivity index (χ0n) is 18.5. The van der Waals surface area contributed by atoms with E-state index in [1.165, 1.54) is 0 Å². The van der Waals surface area contributed by atoms with Crippen LogP contribution in [-0.2, 0) is 11.3 Å². The Morgan fingerprint density at radius 2 is 2.00 bits per heavy atom. The predicted molar refractivity (Wildman–Crippen MR) is 138 cm³/mol. The average Bonchev–Trinajstić information content (AvgIpc) is 2.79. The van der Waals surface area contributed by atoms with Crippen molar-refractivity contribution in [1.82, 2.24) is 15.5 Å². The molecule has 0 fully saturated rings. The summed E-state index contributed by atoms with van der Waals surface area (Å²) in [6.45, 7) is 5.31. The van der Waals surface area contributed by atoms with Gasteiger partial charge in [0.15, 0.2) is 5.96 Å². The van der Waals surface area contributed by atoms with Crippen LogP contribution in [0.25, 0.3) is 0 Å². The molecule has 2 N–H and O–H groups in total. The number of carbonyl (C=O) groups is 1. The number of para-hydroxylation sites is 2. The second-order valence-electron chi connectivity index (χ2n) is 7.39. The molecule has 0 aliphatic carbocycles. The second-order valence-corrected chi connectivity index (χ2v) is 7.39. The molecule has 0 radical (unpaired) electrons. The Labute approximate surface area is 206 Å². The number of fused-ring (bicyclic) bond motifs is 1. The molecular formula is C24H31IN4O3. The van der Waals surface area contributed by atoms with Gasteiger partial charge in [0, 0.05) is 31.6 Å². The van der Waals surface area contributed by atoms with Crippen LogP contribution in [0.3, 0.4) is 0 Å². The molecular weight excluding hydrogens is 519 g/mol. The molecule has 2 aromatic rings. The fraction of sp³-hybridized carbons (Fsp3) is 0.333. The van der Waals surface area contributed by atoms with Crippen molar-refractivity contribution < 1.29 is 14.3 Å². The van der Waals surface area contributed by atoms with Crippen molar-refractivity contribution in [1.29, 1.82) is 0 Å². The van der Waals surface area contributed by atoms with E-state index in [2.05, 4.69) is 17.2 Å². The number of ether oxygens (including phenoxy) is 2. The predicted octanol–water partition coefficient (Wildman–Crippen LogP) is 3.52. The lowest BCUT2D eigenvalue weighted by atomic mass is 10.0. The molecule has 0 saturated carbocycles. The van der Waals surface area contributed by atoms with Crippen LogP contribution in [0.2, 0.25) is 0 Å². The molecule has 0 aromatic heterocycles. The molecule has 0 spiro atoms. The Morgan fingerprint density at radius 3 is 2.78 bits per heavy atom. The van der Waals surface area contributed by atoms with Crippen molar-refractivity contribution in [3.8, 4) is 11.5 Å². The van der Waals surface area contributed by atoms with Gasteiger partial charge >= 0.3 is 0 Å². The van der Waals surface area contributed by atoms with Crippen LogP contribution in [0.5, 0.6) is 11.5 Å². The van der Waals surface area contributed by atoms with E-state index in [1.54, 1.807) is 25.1 Å². The van der Waals surface area contributed by atoms with Gasteiger partial charge in [-0.05, 0) is 12.1 Å². The first-order chi connectivity index (χ1) is 15.1. The van der Waals surface area contributed by atoms with E-state index in [9.17, 15) is 4.79 Å². The zero-order chi connectivity index (χ0) is 22.1. The van der Waals surface area contributed by atoms with Crippen LogP contribution in [0, 0.1) is 0 Å². The monoisotopic (exact) mass is 550 g/mol. The quantitative estimate of drug-likeness (QED) is 0.228. The normalized spacial score (nSPS) is 14.8. The van der Waals surface area contributed by atoms with Gasteiger partial charge in [-0.3, -0.25) is 4.79 Å². The molecule has 1 atom stereocenters. The molecule has 1 aliphatic rings. The fourth-order valence-corrected chi connectivity index (χ4v) is 3.22. The van der Waals surface area contributed by atoms with Crippen molar-refractivity contribution in [3.05, 3.63) is 72.3 Å². The number of benzene rings is 2. The smallest absolute Gasteiger partial charge is 0.241 e. The summed E-state index contributed by atoms with van der Waals surface area (Å²) in [5, 5.41) is 6.63. The number of nitrogens with one attached hydrogen (secondary N) is 2. The molecule has 172 valence electrons. The van der Waals surface area contributed by atoms with E-state index in [-0.39, 0.29) is 42.5 Å². The summed E-state index contributed by atoms with van der Waals surface area (Å²) in [5.41, 5.74) is 2.04. The molecule has 7 nitrogen and oxygen atoms in total. The summed E-state index contributed by atoms with van der Waals surface area (Å²) in [4.78, 5) is 18.4. The average molecular weight is 550 g/mol. The van der Waals surface area contributed by atoms with E-state index in [1.807, 2.05) is 48.5 Å². The van der Waals surface area contributed by atoms with Crippen molar-refractivity contribution >= 4 is 35.8 Å². The highest BCUT2D eigenvalue weighted by atomic mass is 127. The molecule has 0 saturated heterocycles. The molecule has 32 heavy (non-hydrogen) atoms. The molecule has 0 bridgehead atoms. The minimum absolute atomic E-state index is 0. The third-order valence-corrected chi connectivity index (χ3v) is 4.91. The standard InChI is InChI=1S/C24H30N4O3.HI/c1-4-14-30-21-11-7-5-9-18(21)16-25-24(26-17-23(29)28(2)3)27-20-13-15-31-22-12-8-6-10-19(20)22;/h4-12,20H,1,13-17H2,2-3H3,(H2,25,26,27);1H. The first-order valence-electron chi connectivity index (χ1n) is 10.4. The molecule has 2 aromatic carbocycles. The van der Waals surface area contributed by atoms with Crippen LogP contribution >= 0.6 is 24.0 Å². The summed E-state index contributed by atoms with van der Waals surface area (Å²) >= 11 is 0. The summed E-state index contributed by atoms with van der Waals surface area (Å²) in [5.74, 6) is 2.18. The third-order valence-electron chi connectivity index (χ3n) is 4.91. The number of hydrogen-bond acceptors (Lipinski definition) is 4. The van der Waals surface area contributed by atoms with E-state index in [4.69, 9.17) is 14.5 Å². The Bertz CT molecular complexity index is 933. The number of likely N-dealkylation sites (N-methyl/N-ethyl adjacent to an activating group) is 1. The van der Waals surface area contributed by atoms with Gasteiger partial charge in [0.25, 0.3) is 0 Å². The van der Waals surface area contributed by atoms with Gasteiger partial charge in [0.05, 0.1) is 25.7 Å². The van der Waals surface area contributed by atoms with Gasteiger partial charge < -0.3 is 25.0 Å². The number of carbonyl (C=O) groups excluding carboxylic acids is 1. The zero-order valence-corrected chi connectivity index (χ0v) is 20.9. The number of hydrogen-bond donors (Lipinski definition) is 2. The van der Waals surface area contributed by atoms with E-state index >= 15 is 0 Å². The Balaban J connectivity index is 0.00000363. The molecule has 1 heterocycles. The summed E-state index contributed by atoms with van der Waals surface area (Å²) in [7, 11) is 3.46. The van der Waals surface area contributed by atoms with Gasteiger partial charge in [0.2, 0.25) is 5.91 Å². The highest BCUT2D eigenvalue weighted by Gasteiger charge is 2.22. The summed E-state index contributed by atoms with van der Waals surface area (Å²) < 4.78 is 11.5.